The molecule has 6 nitrogen and oxygen atoms in total. The molecular formula is C11H18N4O2S. The first-order chi connectivity index (χ1) is 8.59. The van der Waals surface area contributed by atoms with Crippen molar-refractivity contribution >= 4 is 18.1 Å². The van der Waals surface area contributed by atoms with E-state index < -0.39 is 0 Å². The number of hydrogen-bond acceptors (Lipinski definition) is 4. The highest BCUT2D eigenvalue weighted by Gasteiger charge is 2.30. The van der Waals surface area contributed by atoms with E-state index in [0.29, 0.717) is 30.3 Å². The van der Waals surface area contributed by atoms with Gasteiger partial charge in [0.25, 0.3) is 0 Å². The first-order valence-electron chi connectivity index (χ1n) is 6.09. The van der Waals surface area contributed by atoms with Gasteiger partial charge in [-0.05, 0) is 24.6 Å². The van der Waals surface area contributed by atoms with E-state index in [9.17, 15) is 4.79 Å². The summed E-state index contributed by atoms with van der Waals surface area (Å²) in [5.74, 6) is 1.10. The van der Waals surface area contributed by atoms with Gasteiger partial charge in [-0.1, -0.05) is 6.92 Å². The lowest BCUT2D eigenvalue weighted by Crippen LogP contribution is -2.38. The largest absolute Gasteiger partial charge is 0.368 e. The summed E-state index contributed by atoms with van der Waals surface area (Å²) in [5.41, 5.74) is 0. The van der Waals surface area contributed by atoms with Crippen LogP contribution in [-0.2, 0) is 23.0 Å². The summed E-state index contributed by atoms with van der Waals surface area (Å²) in [5, 5.41) is 9.68. The van der Waals surface area contributed by atoms with Gasteiger partial charge in [-0.15, -0.1) is 0 Å². The summed E-state index contributed by atoms with van der Waals surface area (Å²) in [7, 11) is 1.85. The van der Waals surface area contributed by atoms with Crippen molar-refractivity contribution in [3.63, 3.8) is 0 Å². The molecule has 0 spiro atoms. The zero-order valence-electron chi connectivity index (χ0n) is 10.6. The van der Waals surface area contributed by atoms with E-state index in [2.05, 4.69) is 15.5 Å². The van der Waals surface area contributed by atoms with Crippen molar-refractivity contribution in [2.24, 2.45) is 13.0 Å². The topological polar surface area (TPSA) is 71.9 Å². The summed E-state index contributed by atoms with van der Waals surface area (Å²) >= 11 is 5.02. The van der Waals surface area contributed by atoms with Crippen LogP contribution < -0.4 is 5.32 Å². The van der Waals surface area contributed by atoms with E-state index in [-0.39, 0.29) is 12.0 Å². The molecule has 2 atom stereocenters. The quantitative estimate of drug-likeness (QED) is 0.784. The molecule has 0 radical (unpaired) electrons. The molecule has 2 N–H and O–H groups in total. The van der Waals surface area contributed by atoms with Gasteiger partial charge in [-0.25, -0.2) is 0 Å². The molecule has 0 saturated carbocycles. The van der Waals surface area contributed by atoms with Crippen LogP contribution in [-0.4, -0.2) is 39.9 Å². The number of ether oxygens (including phenoxy) is 1. The Hall–Kier alpha value is -1.21. The molecule has 1 aliphatic heterocycles. The molecule has 18 heavy (non-hydrogen) atoms. The van der Waals surface area contributed by atoms with Crippen LogP contribution in [0.5, 0.6) is 0 Å². The number of nitrogens with one attached hydrogen (secondary N) is 2. The third-order valence-corrected chi connectivity index (χ3v) is 3.63. The fraction of sp³-hybridized carbons (Fsp3) is 0.727. The molecule has 0 unspecified atom stereocenters. The molecular weight excluding hydrogens is 252 g/mol. The Labute approximate surface area is 111 Å². The van der Waals surface area contributed by atoms with Gasteiger partial charge in [0.05, 0.1) is 0 Å². The summed E-state index contributed by atoms with van der Waals surface area (Å²) in [6.07, 6.45) is 1.30. The summed E-state index contributed by atoms with van der Waals surface area (Å²) in [6.45, 7) is 3.25. The molecule has 1 aliphatic rings. The van der Waals surface area contributed by atoms with Crippen molar-refractivity contribution in [2.45, 2.75) is 25.9 Å². The number of amides is 1. The van der Waals surface area contributed by atoms with Crippen molar-refractivity contribution in [2.75, 3.05) is 13.2 Å². The summed E-state index contributed by atoms with van der Waals surface area (Å²) in [4.78, 5) is 11.8. The molecule has 1 aromatic heterocycles. The number of rotatable bonds is 4. The average Bonchev–Trinajstić information content (AvgIpc) is 2.89. The second-order valence-electron chi connectivity index (χ2n) is 4.60. The standard InChI is InChI=1S/C11H18N4O2S/c1-7-4-6-17-9(7)10(16)12-5-3-8-13-14-11(18)15(8)2/h7,9H,3-6H2,1-2H3,(H,12,16)(H,14,18)/t7-,9+/m1/s1. The minimum Gasteiger partial charge on any atom is -0.368 e. The van der Waals surface area contributed by atoms with Crippen molar-refractivity contribution in [3.8, 4) is 0 Å². The monoisotopic (exact) mass is 270 g/mol. The third-order valence-electron chi connectivity index (χ3n) is 3.27. The molecule has 1 aromatic rings. The number of hydrogen-bond donors (Lipinski definition) is 2. The predicted octanol–water partition coefficient (Wildman–Crippen LogP) is 0.561. The van der Waals surface area contributed by atoms with Crippen LogP contribution >= 0.6 is 12.2 Å². The Morgan fingerprint density at radius 1 is 1.72 bits per heavy atom. The number of aromatic nitrogens is 3. The van der Waals surface area contributed by atoms with Gasteiger partial charge >= 0.3 is 0 Å². The fourth-order valence-electron chi connectivity index (χ4n) is 2.03. The molecule has 0 bridgehead atoms. The first kappa shape index (κ1) is 13.2. The minimum absolute atomic E-state index is 0.0308. The highest BCUT2D eigenvalue weighted by atomic mass is 32.1. The average molecular weight is 270 g/mol. The van der Waals surface area contributed by atoms with Gasteiger partial charge in [0, 0.05) is 26.6 Å². The molecule has 2 heterocycles. The van der Waals surface area contributed by atoms with Crippen molar-refractivity contribution in [1.29, 1.82) is 0 Å². The zero-order chi connectivity index (χ0) is 13.1. The van der Waals surface area contributed by atoms with E-state index in [1.165, 1.54) is 0 Å². The van der Waals surface area contributed by atoms with Crippen LogP contribution in [0.25, 0.3) is 0 Å². The lowest BCUT2D eigenvalue weighted by molar-refractivity contribution is -0.131. The molecule has 7 heteroatoms. The van der Waals surface area contributed by atoms with Crippen LogP contribution in [0, 0.1) is 10.7 Å². The third kappa shape index (κ3) is 2.78. The van der Waals surface area contributed by atoms with E-state index >= 15 is 0 Å². The van der Waals surface area contributed by atoms with Crippen LogP contribution in [0.4, 0.5) is 0 Å². The summed E-state index contributed by atoms with van der Waals surface area (Å²) in [6, 6.07) is 0. The Morgan fingerprint density at radius 3 is 3.06 bits per heavy atom. The Balaban J connectivity index is 1.80. The molecule has 2 rings (SSSR count). The fourth-order valence-corrected chi connectivity index (χ4v) is 2.18. The van der Waals surface area contributed by atoms with Crippen molar-refractivity contribution < 1.29 is 9.53 Å². The van der Waals surface area contributed by atoms with Crippen LogP contribution in [0.2, 0.25) is 0 Å². The maximum Gasteiger partial charge on any atom is 0.249 e. The predicted molar refractivity (Wildman–Crippen MR) is 68.6 cm³/mol. The van der Waals surface area contributed by atoms with Crippen molar-refractivity contribution in [1.82, 2.24) is 20.1 Å². The van der Waals surface area contributed by atoms with Gasteiger partial charge in [0.15, 0.2) is 4.77 Å². The van der Waals surface area contributed by atoms with Gasteiger partial charge in [0.2, 0.25) is 5.91 Å². The van der Waals surface area contributed by atoms with Crippen LogP contribution in [0.15, 0.2) is 0 Å². The Bertz CT molecular complexity index is 482. The van der Waals surface area contributed by atoms with E-state index in [1.54, 1.807) is 4.57 Å². The van der Waals surface area contributed by atoms with Gasteiger partial charge < -0.3 is 14.6 Å². The van der Waals surface area contributed by atoms with Crippen LogP contribution in [0.3, 0.4) is 0 Å². The number of nitrogens with zero attached hydrogens (tertiary/aromatic N) is 2. The highest BCUT2D eigenvalue weighted by molar-refractivity contribution is 7.71. The molecule has 1 amide bonds. The molecule has 0 aromatic carbocycles. The SMILES string of the molecule is C[C@@H]1CCO[C@@H]1C(=O)NCCc1n[nH]c(=S)n1C. The molecule has 1 fully saturated rings. The smallest absolute Gasteiger partial charge is 0.249 e. The first-order valence-corrected chi connectivity index (χ1v) is 6.50. The van der Waals surface area contributed by atoms with Crippen LogP contribution in [0.1, 0.15) is 19.2 Å². The number of aromatic amines is 1. The van der Waals surface area contributed by atoms with Crippen molar-refractivity contribution in [3.05, 3.63) is 10.6 Å². The van der Waals surface area contributed by atoms with Gasteiger partial charge in [-0.2, -0.15) is 5.10 Å². The van der Waals surface area contributed by atoms with Gasteiger partial charge in [-0.3, -0.25) is 9.89 Å². The lowest BCUT2D eigenvalue weighted by Gasteiger charge is -2.14. The highest BCUT2D eigenvalue weighted by Crippen LogP contribution is 2.19. The van der Waals surface area contributed by atoms with E-state index in [4.69, 9.17) is 17.0 Å². The van der Waals surface area contributed by atoms with E-state index in [1.807, 2.05) is 14.0 Å². The zero-order valence-corrected chi connectivity index (χ0v) is 11.4. The number of carbonyl (C=O) groups excluding carboxylic acids is 1. The maximum atomic E-state index is 11.8. The second-order valence-corrected chi connectivity index (χ2v) is 4.99. The number of carbonyl (C=O) groups is 1. The van der Waals surface area contributed by atoms with E-state index in [0.717, 1.165) is 12.2 Å². The summed E-state index contributed by atoms with van der Waals surface area (Å²) < 4.78 is 7.79. The molecule has 1 saturated heterocycles. The minimum atomic E-state index is -0.299. The maximum absolute atomic E-state index is 11.8. The Morgan fingerprint density at radius 2 is 2.50 bits per heavy atom. The Kier molecular flexibility index (Phi) is 4.13. The second kappa shape index (κ2) is 5.62. The normalized spacial score (nSPS) is 23.2. The lowest BCUT2D eigenvalue weighted by atomic mass is 10.0. The molecule has 100 valence electrons. The molecule has 0 aliphatic carbocycles. The number of H-pyrrole nitrogens is 1. The van der Waals surface area contributed by atoms with Gasteiger partial charge in [0.1, 0.15) is 11.9 Å².